The number of hydrogen-bond donors (Lipinski definition) is 0. The average Bonchev–Trinajstić information content (AvgIpc) is 3.05. The van der Waals surface area contributed by atoms with Crippen LogP contribution in [0.15, 0.2) is 24.3 Å². The van der Waals surface area contributed by atoms with Crippen molar-refractivity contribution in [3.8, 4) is 5.75 Å². The lowest BCUT2D eigenvalue weighted by atomic mass is 9.75. The standard InChI is InChI=1S/C20H29N3O2/c1-21(2)13-18(24)23-12-17(14-4-6-16(25-3)7-5-14)20-19(23)15-8-10-22(20)11-9-15/h4-7,15,17,19-20H,8-13H2,1-3H3/t17-,19+,20+/m0/s1. The van der Waals surface area contributed by atoms with Gasteiger partial charge in [0.2, 0.25) is 5.91 Å². The number of benzene rings is 1. The number of carbonyl (C=O) groups excluding carboxylic acids is 1. The number of rotatable bonds is 4. The molecule has 3 atom stereocenters. The van der Waals surface area contributed by atoms with Crippen molar-refractivity contribution in [2.75, 3.05) is 47.4 Å². The van der Waals surface area contributed by atoms with Gasteiger partial charge in [0.1, 0.15) is 5.75 Å². The molecule has 4 heterocycles. The topological polar surface area (TPSA) is 36.0 Å². The van der Waals surface area contributed by atoms with Gasteiger partial charge in [-0.05, 0) is 63.6 Å². The molecule has 0 aliphatic carbocycles. The molecule has 0 N–H and O–H groups in total. The predicted octanol–water partition coefficient (Wildman–Crippen LogP) is 1.65. The number of likely N-dealkylation sites (tertiary alicyclic amines) is 1. The molecule has 5 heteroatoms. The molecular weight excluding hydrogens is 314 g/mol. The summed E-state index contributed by atoms with van der Waals surface area (Å²) in [5, 5.41) is 0. The number of methoxy groups -OCH3 is 1. The number of nitrogens with zero attached hydrogens (tertiary/aromatic N) is 3. The summed E-state index contributed by atoms with van der Waals surface area (Å²) in [6, 6.07) is 9.33. The Hall–Kier alpha value is -1.59. The normalized spacial score (nSPS) is 33.6. The Labute approximate surface area is 150 Å². The van der Waals surface area contributed by atoms with Crippen LogP contribution in [-0.2, 0) is 4.79 Å². The number of hydrogen-bond acceptors (Lipinski definition) is 4. The summed E-state index contributed by atoms with van der Waals surface area (Å²) in [6.45, 7) is 3.73. The molecular formula is C20H29N3O2. The van der Waals surface area contributed by atoms with Gasteiger partial charge in [-0.3, -0.25) is 9.69 Å². The van der Waals surface area contributed by atoms with E-state index in [4.69, 9.17) is 4.74 Å². The largest absolute Gasteiger partial charge is 0.497 e. The molecule has 0 aromatic heterocycles. The quantitative estimate of drug-likeness (QED) is 0.833. The molecule has 4 aliphatic heterocycles. The first-order valence-electron chi connectivity index (χ1n) is 9.40. The van der Waals surface area contributed by atoms with Crippen LogP contribution in [0.5, 0.6) is 5.75 Å². The van der Waals surface area contributed by atoms with Gasteiger partial charge < -0.3 is 14.5 Å². The van der Waals surface area contributed by atoms with E-state index in [1.165, 1.54) is 31.5 Å². The number of fused-ring (bicyclic) bond motifs is 2. The lowest BCUT2D eigenvalue weighted by Crippen LogP contribution is -2.61. The van der Waals surface area contributed by atoms with E-state index in [0.29, 0.717) is 30.5 Å². The maximum atomic E-state index is 12.9. The number of ether oxygens (including phenoxy) is 1. The highest BCUT2D eigenvalue weighted by molar-refractivity contribution is 5.79. The fourth-order valence-corrected chi connectivity index (χ4v) is 5.21. The molecule has 25 heavy (non-hydrogen) atoms. The number of likely N-dealkylation sites (N-methyl/N-ethyl adjacent to an activating group) is 1. The zero-order valence-electron chi connectivity index (χ0n) is 15.5. The Morgan fingerprint density at radius 1 is 1.16 bits per heavy atom. The molecule has 0 spiro atoms. The van der Waals surface area contributed by atoms with Crippen molar-refractivity contribution < 1.29 is 9.53 Å². The maximum Gasteiger partial charge on any atom is 0.237 e. The lowest BCUT2D eigenvalue weighted by molar-refractivity contribution is -0.136. The second-order valence-electron chi connectivity index (χ2n) is 8.02. The molecule has 1 aromatic carbocycles. The van der Waals surface area contributed by atoms with Crippen LogP contribution in [0, 0.1) is 5.92 Å². The van der Waals surface area contributed by atoms with Crippen molar-refractivity contribution >= 4 is 5.91 Å². The van der Waals surface area contributed by atoms with Crippen molar-refractivity contribution in [3.05, 3.63) is 29.8 Å². The monoisotopic (exact) mass is 343 g/mol. The van der Waals surface area contributed by atoms with E-state index in [0.717, 1.165) is 12.3 Å². The molecule has 5 rings (SSSR count). The van der Waals surface area contributed by atoms with E-state index < -0.39 is 0 Å². The van der Waals surface area contributed by atoms with Crippen molar-refractivity contribution in [2.45, 2.75) is 30.8 Å². The Morgan fingerprint density at radius 2 is 1.84 bits per heavy atom. The van der Waals surface area contributed by atoms with Gasteiger partial charge in [0.25, 0.3) is 0 Å². The third kappa shape index (κ3) is 2.93. The van der Waals surface area contributed by atoms with Crippen molar-refractivity contribution in [2.24, 2.45) is 5.92 Å². The SMILES string of the molecule is COc1ccc([C@@H]2CN(C(=O)CN(C)C)[C@@H]3C4CCN(CC4)[C@@H]32)cc1. The van der Waals surface area contributed by atoms with Gasteiger partial charge in [-0.15, -0.1) is 0 Å². The molecule has 0 radical (unpaired) electrons. The number of amides is 1. The molecule has 136 valence electrons. The van der Waals surface area contributed by atoms with Crippen LogP contribution in [0.1, 0.15) is 24.3 Å². The van der Waals surface area contributed by atoms with Crippen molar-refractivity contribution in [3.63, 3.8) is 0 Å². The first-order chi connectivity index (χ1) is 12.1. The number of carbonyl (C=O) groups is 1. The molecule has 1 aromatic rings. The van der Waals surface area contributed by atoms with Crippen LogP contribution in [0.3, 0.4) is 0 Å². The molecule has 5 nitrogen and oxygen atoms in total. The van der Waals surface area contributed by atoms with Crippen LogP contribution >= 0.6 is 0 Å². The van der Waals surface area contributed by atoms with Crippen LogP contribution < -0.4 is 4.74 Å². The maximum absolute atomic E-state index is 12.9. The smallest absolute Gasteiger partial charge is 0.237 e. The van der Waals surface area contributed by atoms with E-state index in [-0.39, 0.29) is 5.91 Å². The minimum absolute atomic E-state index is 0.282. The third-order valence-electron chi connectivity index (χ3n) is 6.31. The Bertz CT molecular complexity index is 622. The summed E-state index contributed by atoms with van der Waals surface area (Å²) in [5.41, 5.74) is 1.34. The summed E-state index contributed by atoms with van der Waals surface area (Å²) in [6.07, 6.45) is 2.48. The summed E-state index contributed by atoms with van der Waals surface area (Å²) < 4.78 is 5.31. The molecule has 0 saturated carbocycles. The molecule has 4 fully saturated rings. The van der Waals surface area contributed by atoms with Gasteiger partial charge in [-0.1, -0.05) is 12.1 Å². The minimum atomic E-state index is 0.282. The van der Waals surface area contributed by atoms with Gasteiger partial charge in [0.05, 0.1) is 19.7 Å². The van der Waals surface area contributed by atoms with Gasteiger partial charge in [-0.25, -0.2) is 0 Å². The van der Waals surface area contributed by atoms with E-state index in [1.807, 2.05) is 31.1 Å². The molecule has 0 unspecified atom stereocenters. The van der Waals surface area contributed by atoms with Crippen LogP contribution in [-0.4, -0.2) is 80.1 Å². The van der Waals surface area contributed by atoms with E-state index in [2.05, 4.69) is 21.9 Å². The minimum Gasteiger partial charge on any atom is -0.497 e. The van der Waals surface area contributed by atoms with Crippen molar-refractivity contribution in [1.29, 1.82) is 0 Å². The Kier molecular flexibility index (Phi) is 4.46. The molecule has 4 aliphatic rings. The Morgan fingerprint density at radius 3 is 2.44 bits per heavy atom. The highest BCUT2D eigenvalue weighted by Crippen LogP contribution is 2.46. The summed E-state index contributed by atoms with van der Waals surface area (Å²) in [7, 11) is 5.65. The zero-order chi connectivity index (χ0) is 17.6. The Balaban J connectivity index is 1.64. The molecule has 4 saturated heterocycles. The second kappa shape index (κ2) is 6.61. The summed E-state index contributed by atoms with van der Waals surface area (Å²) in [5.74, 6) is 2.25. The average molecular weight is 343 g/mol. The van der Waals surface area contributed by atoms with E-state index in [9.17, 15) is 4.79 Å². The fraction of sp³-hybridized carbons (Fsp3) is 0.650. The summed E-state index contributed by atoms with van der Waals surface area (Å²) >= 11 is 0. The zero-order valence-corrected chi connectivity index (χ0v) is 15.5. The van der Waals surface area contributed by atoms with Crippen LogP contribution in [0.2, 0.25) is 0 Å². The van der Waals surface area contributed by atoms with Crippen molar-refractivity contribution in [1.82, 2.24) is 14.7 Å². The molecule has 2 bridgehead atoms. The van der Waals surface area contributed by atoms with Gasteiger partial charge in [-0.2, -0.15) is 0 Å². The van der Waals surface area contributed by atoms with Crippen LogP contribution in [0.25, 0.3) is 0 Å². The highest BCUT2D eigenvalue weighted by Gasteiger charge is 2.54. The fourth-order valence-electron chi connectivity index (χ4n) is 5.21. The second-order valence-corrected chi connectivity index (χ2v) is 8.02. The van der Waals surface area contributed by atoms with E-state index in [1.54, 1.807) is 7.11 Å². The molecule has 1 amide bonds. The third-order valence-corrected chi connectivity index (χ3v) is 6.31. The first kappa shape index (κ1) is 16.9. The highest BCUT2D eigenvalue weighted by atomic mass is 16.5. The summed E-state index contributed by atoms with van der Waals surface area (Å²) in [4.78, 5) is 19.7. The van der Waals surface area contributed by atoms with E-state index >= 15 is 0 Å². The lowest BCUT2D eigenvalue weighted by Gasteiger charge is -2.51. The van der Waals surface area contributed by atoms with Gasteiger partial charge >= 0.3 is 0 Å². The van der Waals surface area contributed by atoms with Crippen LogP contribution in [0.4, 0.5) is 0 Å². The first-order valence-corrected chi connectivity index (χ1v) is 9.40. The van der Waals surface area contributed by atoms with Gasteiger partial charge in [0, 0.05) is 18.5 Å². The predicted molar refractivity (Wildman–Crippen MR) is 97.9 cm³/mol. The number of piperidine rings is 3. The van der Waals surface area contributed by atoms with Gasteiger partial charge in [0.15, 0.2) is 0 Å².